The Kier molecular flexibility index (Phi) is 8.05. The van der Waals surface area contributed by atoms with Crippen molar-refractivity contribution in [1.29, 1.82) is 0 Å². The number of aliphatic hydroxyl groups is 1. The molecule has 0 unspecified atom stereocenters. The third-order valence-corrected chi connectivity index (χ3v) is 4.93. The zero-order valence-corrected chi connectivity index (χ0v) is 17.8. The zero-order chi connectivity index (χ0) is 22.9. The molecule has 2 aromatic carbocycles. The standard InChI is InChI=1S/C25H26O7/c1-2-30-23(28)15-21(25-24(29)22(27)14-20(16-26)32-25)18-8-10-19(11-9-18)31-13-12-17-6-4-3-5-7-17/h3-11,14,21,26,29H,2,12-13,15-16H2,1H3/t21-/m0/s1. The van der Waals surface area contributed by atoms with Crippen molar-refractivity contribution in [3.63, 3.8) is 0 Å². The van der Waals surface area contributed by atoms with Crippen LogP contribution in [0.25, 0.3) is 0 Å². The van der Waals surface area contributed by atoms with Crippen LogP contribution in [-0.2, 0) is 22.6 Å². The van der Waals surface area contributed by atoms with Crippen molar-refractivity contribution >= 4 is 5.97 Å². The average molecular weight is 438 g/mol. The summed E-state index contributed by atoms with van der Waals surface area (Å²) in [5, 5.41) is 19.7. The predicted molar refractivity (Wildman–Crippen MR) is 118 cm³/mol. The molecule has 0 fully saturated rings. The molecule has 32 heavy (non-hydrogen) atoms. The van der Waals surface area contributed by atoms with E-state index in [1.807, 2.05) is 30.3 Å². The summed E-state index contributed by atoms with van der Waals surface area (Å²) in [7, 11) is 0. The number of benzene rings is 2. The maximum absolute atomic E-state index is 12.2. The second-order valence-electron chi connectivity index (χ2n) is 7.16. The molecule has 7 nitrogen and oxygen atoms in total. The molecular weight excluding hydrogens is 412 g/mol. The van der Waals surface area contributed by atoms with E-state index < -0.39 is 29.7 Å². The maximum atomic E-state index is 12.2. The van der Waals surface area contributed by atoms with Crippen LogP contribution < -0.4 is 10.2 Å². The number of hydrogen-bond acceptors (Lipinski definition) is 7. The Morgan fingerprint density at radius 3 is 2.47 bits per heavy atom. The second kappa shape index (κ2) is 11.2. The quantitative estimate of drug-likeness (QED) is 0.466. The van der Waals surface area contributed by atoms with Gasteiger partial charge in [-0.15, -0.1) is 0 Å². The minimum Gasteiger partial charge on any atom is -0.502 e. The first-order chi connectivity index (χ1) is 15.5. The molecule has 0 amide bonds. The van der Waals surface area contributed by atoms with E-state index in [1.54, 1.807) is 31.2 Å². The van der Waals surface area contributed by atoms with Crippen LogP contribution in [0.2, 0.25) is 0 Å². The number of carbonyl (C=O) groups excluding carboxylic acids is 1. The van der Waals surface area contributed by atoms with Gasteiger partial charge in [0, 0.05) is 12.5 Å². The lowest BCUT2D eigenvalue weighted by atomic mass is 9.92. The Morgan fingerprint density at radius 2 is 1.81 bits per heavy atom. The molecule has 2 N–H and O–H groups in total. The molecule has 0 aliphatic carbocycles. The first-order valence-corrected chi connectivity index (χ1v) is 10.4. The largest absolute Gasteiger partial charge is 0.502 e. The van der Waals surface area contributed by atoms with Crippen molar-refractivity contribution in [2.45, 2.75) is 32.3 Å². The van der Waals surface area contributed by atoms with Gasteiger partial charge in [0.1, 0.15) is 18.1 Å². The van der Waals surface area contributed by atoms with E-state index in [2.05, 4.69) is 0 Å². The summed E-state index contributed by atoms with van der Waals surface area (Å²) in [6, 6.07) is 18.0. The highest BCUT2D eigenvalue weighted by Gasteiger charge is 2.26. The number of esters is 1. The van der Waals surface area contributed by atoms with Crippen LogP contribution in [0.3, 0.4) is 0 Å². The Labute approximate surface area is 185 Å². The Balaban J connectivity index is 1.81. The van der Waals surface area contributed by atoms with Gasteiger partial charge in [-0.3, -0.25) is 9.59 Å². The molecule has 1 heterocycles. The molecule has 7 heteroatoms. The van der Waals surface area contributed by atoms with Gasteiger partial charge in [0.2, 0.25) is 11.2 Å². The summed E-state index contributed by atoms with van der Waals surface area (Å²) < 4.78 is 16.4. The van der Waals surface area contributed by atoms with E-state index in [1.165, 1.54) is 5.56 Å². The fourth-order valence-electron chi connectivity index (χ4n) is 3.35. The van der Waals surface area contributed by atoms with Gasteiger partial charge in [0.25, 0.3) is 0 Å². The molecule has 0 radical (unpaired) electrons. The molecule has 0 bridgehead atoms. The number of rotatable bonds is 10. The van der Waals surface area contributed by atoms with E-state index in [0.29, 0.717) is 17.9 Å². The second-order valence-corrected chi connectivity index (χ2v) is 7.16. The monoisotopic (exact) mass is 438 g/mol. The van der Waals surface area contributed by atoms with Crippen molar-refractivity contribution in [1.82, 2.24) is 0 Å². The lowest BCUT2D eigenvalue weighted by Gasteiger charge is -2.18. The number of hydrogen-bond donors (Lipinski definition) is 2. The molecule has 0 spiro atoms. The van der Waals surface area contributed by atoms with Gasteiger partial charge in [0.15, 0.2) is 5.76 Å². The van der Waals surface area contributed by atoms with E-state index >= 15 is 0 Å². The molecule has 1 atom stereocenters. The summed E-state index contributed by atoms with van der Waals surface area (Å²) in [5.74, 6) is -1.32. The molecule has 0 aliphatic rings. The lowest BCUT2D eigenvalue weighted by molar-refractivity contribution is -0.143. The van der Waals surface area contributed by atoms with Gasteiger partial charge in [0.05, 0.1) is 25.6 Å². The minimum absolute atomic E-state index is 0.00229. The van der Waals surface area contributed by atoms with E-state index in [-0.39, 0.29) is 24.5 Å². The summed E-state index contributed by atoms with van der Waals surface area (Å²) >= 11 is 0. The van der Waals surface area contributed by atoms with Gasteiger partial charge in [-0.1, -0.05) is 42.5 Å². The molecular formula is C25H26O7. The first kappa shape index (κ1) is 23.1. The van der Waals surface area contributed by atoms with Crippen LogP contribution in [0, 0.1) is 0 Å². The number of aliphatic hydroxyl groups excluding tert-OH is 1. The van der Waals surface area contributed by atoms with Gasteiger partial charge in [-0.05, 0) is 30.2 Å². The van der Waals surface area contributed by atoms with Crippen LogP contribution in [0.5, 0.6) is 11.5 Å². The van der Waals surface area contributed by atoms with Crippen LogP contribution >= 0.6 is 0 Å². The third kappa shape index (κ3) is 5.98. The highest BCUT2D eigenvalue weighted by molar-refractivity contribution is 5.71. The van der Waals surface area contributed by atoms with Gasteiger partial charge < -0.3 is 24.1 Å². The smallest absolute Gasteiger partial charge is 0.306 e. The Hall–Kier alpha value is -3.58. The summed E-state index contributed by atoms with van der Waals surface area (Å²) in [6.07, 6.45) is 0.620. The van der Waals surface area contributed by atoms with Crippen molar-refractivity contribution in [2.24, 2.45) is 0 Å². The molecule has 3 aromatic rings. The van der Waals surface area contributed by atoms with Crippen molar-refractivity contribution < 1.29 is 28.9 Å². The maximum Gasteiger partial charge on any atom is 0.306 e. The van der Waals surface area contributed by atoms with Crippen LogP contribution in [-0.4, -0.2) is 29.4 Å². The topological polar surface area (TPSA) is 106 Å². The molecule has 0 saturated carbocycles. The fraction of sp³-hybridized carbons (Fsp3) is 0.280. The number of carbonyl (C=O) groups is 1. The van der Waals surface area contributed by atoms with Gasteiger partial charge >= 0.3 is 5.97 Å². The van der Waals surface area contributed by atoms with Gasteiger partial charge in [-0.2, -0.15) is 0 Å². The van der Waals surface area contributed by atoms with Crippen LogP contribution in [0.15, 0.2) is 69.9 Å². The Bertz CT molecular complexity index is 1070. The van der Waals surface area contributed by atoms with Crippen molar-refractivity contribution in [2.75, 3.05) is 13.2 Å². The third-order valence-electron chi connectivity index (χ3n) is 4.93. The molecule has 1 aromatic heterocycles. The summed E-state index contributed by atoms with van der Waals surface area (Å²) in [6.45, 7) is 1.89. The average Bonchev–Trinajstić information content (AvgIpc) is 2.81. The highest BCUT2D eigenvalue weighted by Crippen LogP contribution is 2.34. The number of aromatic hydroxyl groups is 1. The van der Waals surface area contributed by atoms with Gasteiger partial charge in [-0.25, -0.2) is 0 Å². The lowest BCUT2D eigenvalue weighted by Crippen LogP contribution is -2.15. The first-order valence-electron chi connectivity index (χ1n) is 10.4. The zero-order valence-electron chi connectivity index (χ0n) is 17.8. The predicted octanol–water partition coefficient (Wildman–Crippen LogP) is 3.54. The van der Waals surface area contributed by atoms with Crippen molar-refractivity contribution in [3.8, 4) is 11.5 Å². The van der Waals surface area contributed by atoms with E-state index in [0.717, 1.165) is 12.5 Å². The molecule has 3 rings (SSSR count). The molecule has 168 valence electrons. The van der Waals surface area contributed by atoms with E-state index in [4.69, 9.17) is 13.9 Å². The van der Waals surface area contributed by atoms with Crippen LogP contribution in [0.1, 0.15) is 41.9 Å². The minimum atomic E-state index is -0.772. The highest BCUT2D eigenvalue weighted by atomic mass is 16.5. The van der Waals surface area contributed by atoms with Crippen molar-refractivity contribution in [3.05, 3.63) is 93.5 Å². The SMILES string of the molecule is CCOC(=O)C[C@@H](c1ccc(OCCc2ccccc2)cc1)c1oc(CO)cc(=O)c1O. The van der Waals surface area contributed by atoms with E-state index in [9.17, 15) is 19.8 Å². The summed E-state index contributed by atoms with van der Waals surface area (Å²) in [5.41, 5.74) is 1.11. The molecule has 0 saturated heterocycles. The Morgan fingerprint density at radius 1 is 1.09 bits per heavy atom. The van der Waals surface area contributed by atoms with Crippen LogP contribution in [0.4, 0.5) is 0 Å². The fourth-order valence-corrected chi connectivity index (χ4v) is 3.35. The normalized spacial score (nSPS) is 11.7. The molecule has 0 aliphatic heterocycles. The number of ether oxygens (including phenoxy) is 2. The summed E-state index contributed by atoms with van der Waals surface area (Å²) in [4.78, 5) is 24.3.